The summed E-state index contributed by atoms with van der Waals surface area (Å²) in [6, 6.07) is 6.09. The number of benzene rings is 1. The van der Waals surface area contributed by atoms with Crippen LogP contribution in [-0.4, -0.2) is 15.0 Å². The second-order valence-corrected chi connectivity index (χ2v) is 5.29. The molecule has 0 bridgehead atoms. The lowest BCUT2D eigenvalue weighted by Crippen LogP contribution is -2.10. The summed E-state index contributed by atoms with van der Waals surface area (Å²) < 4.78 is 2.76. The highest BCUT2D eigenvalue weighted by molar-refractivity contribution is 9.10. The molecule has 0 aliphatic heterocycles. The van der Waals surface area contributed by atoms with E-state index in [-0.39, 0.29) is 6.04 Å². The lowest BCUT2D eigenvalue weighted by molar-refractivity contribution is 0.619. The fourth-order valence-corrected chi connectivity index (χ4v) is 2.50. The first kappa shape index (κ1) is 13.2. The zero-order valence-corrected chi connectivity index (χ0v) is 12.2. The zero-order chi connectivity index (χ0) is 13.1. The molecule has 0 saturated heterocycles. The number of nitrogens with zero attached hydrogens (tertiary/aromatic N) is 3. The van der Waals surface area contributed by atoms with E-state index in [1.54, 1.807) is 4.68 Å². The SMILES string of the molecule is CCCC(N)c1cn(-c2ccc(C)cc2Br)nn1. The van der Waals surface area contributed by atoms with Gasteiger partial charge in [0.05, 0.1) is 23.6 Å². The molecular formula is C13H17BrN4. The minimum atomic E-state index is -0.0343. The maximum Gasteiger partial charge on any atom is 0.0998 e. The van der Waals surface area contributed by atoms with Gasteiger partial charge in [-0.15, -0.1) is 5.10 Å². The molecule has 0 aliphatic carbocycles. The topological polar surface area (TPSA) is 56.7 Å². The van der Waals surface area contributed by atoms with Gasteiger partial charge in [0.25, 0.3) is 0 Å². The number of halogens is 1. The second kappa shape index (κ2) is 5.63. The predicted octanol–water partition coefficient (Wildman–Crippen LogP) is 3.14. The van der Waals surface area contributed by atoms with E-state index < -0.39 is 0 Å². The van der Waals surface area contributed by atoms with Gasteiger partial charge in [0.2, 0.25) is 0 Å². The van der Waals surface area contributed by atoms with Gasteiger partial charge in [-0.2, -0.15) is 0 Å². The van der Waals surface area contributed by atoms with Crippen LogP contribution < -0.4 is 5.73 Å². The van der Waals surface area contributed by atoms with Crippen LogP contribution >= 0.6 is 15.9 Å². The highest BCUT2D eigenvalue weighted by Crippen LogP contribution is 2.22. The van der Waals surface area contributed by atoms with Gasteiger partial charge in [-0.1, -0.05) is 24.6 Å². The highest BCUT2D eigenvalue weighted by Gasteiger charge is 2.11. The largest absolute Gasteiger partial charge is 0.323 e. The number of aromatic nitrogens is 3. The average molecular weight is 309 g/mol. The molecule has 1 aromatic carbocycles. The van der Waals surface area contributed by atoms with E-state index in [2.05, 4.69) is 46.2 Å². The fourth-order valence-electron chi connectivity index (χ4n) is 1.82. The zero-order valence-electron chi connectivity index (χ0n) is 10.6. The Morgan fingerprint density at radius 2 is 2.22 bits per heavy atom. The molecule has 0 aliphatic rings. The Bertz CT molecular complexity index is 536. The molecule has 1 heterocycles. The summed E-state index contributed by atoms with van der Waals surface area (Å²) in [5.41, 5.74) is 9.05. The summed E-state index contributed by atoms with van der Waals surface area (Å²) in [7, 11) is 0. The van der Waals surface area contributed by atoms with Crippen molar-refractivity contribution in [3.8, 4) is 5.69 Å². The number of rotatable bonds is 4. The molecule has 2 aromatic rings. The third-order valence-corrected chi connectivity index (χ3v) is 3.48. The number of nitrogens with two attached hydrogens (primary N) is 1. The first-order valence-electron chi connectivity index (χ1n) is 6.06. The third kappa shape index (κ3) is 2.79. The average Bonchev–Trinajstić information content (AvgIpc) is 2.78. The van der Waals surface area contributed by atoms with Crippen molar-refractivity contribution in [2.45, 2.75) is 32.7 Å². The van der Waals surface area contributed by atoms with Crippen LogP contribution in [0, 0.1) is 6.92 Å². The molecule has 18 heavy (non-hydrogen) atoms. The Hall–Kier alpha value is -1.20. The lowest BCUT2D eigenvalue weighted by atomic mass is 10.1. The van der Waals surface area contributed by atoms with Gasteiger partial charge in [-0.3, -0.25) is 0 Å². The maximum absolute atomic E-state index is 6.03. The molecule has 1 unspecified atom stereocenters. The van der Waals surface area contributed by atoms with Crippen molar-refractivity contribution in [3.05, 3.63) is 40.1 Å². The van der Waals surface area contributed by atoms with Crippen LogP contribution in [0.4, 0.5) is 0 Å². The van der Waals surface area contributed by atoms with Gasteiger partial charge in [0.15, 0.2) is 0 Å². The number of hydrogen-bond donors (Lipinski definition) is 1. The van der Waals surface area contributed by atoms with Gasteiger partial charge in [0.1, 0.15) is 0 Å². The van der Waals surface area contributed by atoms with Crippen molar-refractivity contribution in [2.24, 2.45) is 5.73 Å². The number of hydrogen-bond acceptors (Lipinski definition) is 3. The minimum absolute atomic E-state index is 0.0343. The van der Waals surface area contributed by atoms with Crippen molar-refractivity contribution in [3.63, 3.8) is 0 Å². The molecule has 0 amide bonds. The highest BCUT2D eigenvalue weighted by atomic mass is 79.9. The van der Waals surface area contributed by atoms with Crippen LogP contribution in [0.1, 0.15) is 37.1 Å². The molecule has 96 valence electrons. The summed E-state index contributed by atoms with van der Waals surface area (Å²) in [6.07, 6.45) is 3.87. The van der Waals surface area contributed by atoms with Crippen molar-refractivity contribution < 1.29 is 0 Å². The van der Waals surface area contributed by atoms with Crippen molar-refractivity contribution in [1.82, 2.24) is 15.0 Å². The minimum Gasteiger partial charge on any atom is -0.323 e. The third-order valence-electron chi connectivity index (χ3n) is 2.84. The van der Waals surface area contributed by atoms with Crippen molar-refractivity contribution in [2.75, 3.05) is 0 Å². The van der Waals surface area contributed by atoms with E-state index in [1.807, 2.05) is 18.3 Å². The molecule has 5 heteroatoms. The Morgan fingerprint density at radius 1 is 1.44 bits per heavy atom. The molecule has 0 fully saturated rings. The van der Waals surface area contributed by atoms with E-state index in [9.17, 15) is 0 Å². The van der Waals surface area contributed by atoms with Gasteiger partial charge in [-0.25, -0.2) is 4.68 Å². The molecule has 0 spiro atoms. The van der Waals surface area contributed by atoms with E-state index in [0.717, 1.165) is 28.7 Å². The Labute approximate surface area is 115 Å². The summed E-state index contributed by atoms with van der Waals surface area (Å²) in [5.74, 6) is 0. The first-order valence-corrected chi connectivity index (χ1v) is 6.85. The van der Waals surface area contributed by atoms with Gasteiger partial charge in [0, 0.05) is 4.47 Å². The van der Waals surface area contributed by atoms with E-state index in [4.69, 9.17) is 5.73 Å². The van der Waals surface area contributed by atoms with E-state index >= 15 is 0 Å². The van der Waals surface area contributed by atoms with Gasteiger partial charge in [-0.05, 0) is 47.0 Å². The fraction of sp³-hybridized carbons (Fsp3) is 0.385. The molecule has 2 rings (SSSR count). The number of aryl methyl sites for hydroxylation is 1. The second-order valence-electron chi connectivity index (χ2n) is 4.44. The maximum atomic E-state index is 6.03. The predicted molar refractivity (Wildman–Crippen MR) is 75.6 cm³/mol. The lowest BCUT2D eigenvalue weighted by Gasteiger charge is -2.05. The molecule has 4 nitrogen and oxygen atoms in total. The molecular weight excluding hydrogens is 292 g/mol. The normalized spacial score (nSPS) is 12.7. The van der Waals surface area contributed by atoms with Crippen LogP contribution in [0.2, 0.25) is 0 Å². The molecule has 1 atom stereocenters. The van der Waals surface area contributed by atoms with Crippen LogP contribution in [0.25, 0.3) is 5.69 Å². The summed E-state index contributed by atoms with van der Waals surface area (Å²) >= 11 is 3.54. The Morgan fingerprint density at radius 3 is 2.89 bits per heavy atom. The summed E-state index contributed by atoms with van der Waals surface area (Å²) in [5, 5.41) is 8.28. The summed E-state index contributed by atoms with van der Waals surface area (Å²) in [4.78, 5) is 0. The van der Waals surface area contributed by atoms with Crippen LogP contribution in [0.5, 0.6) is 0 Å². The van der Waals surface area contributed by atoms with Crippen LogP contribution in [-0.2, 0) is 0 Å². The van der Waals surface area contributed by atoms with Crippen LogP contribution in [0.15, 0.2) is 28.9 Å². The first-order chi connectivity index (χ1) is 8.61. The van der Waals surface area contributed by atoms with Gasteiger partial charge < -0.3 is 5.73 Å². The van der Waals surface area contributed by atoms with Crippen molar-refractivity contribution >= 4 is 15.9 Å². The molecule has 1 aromatic heterocycles. The van der Waals surface area contributed by atoms with Gasteiger partial charge >= 0.3 is 0 Å². The van der Waals surface area contributed by atoms with E-state index in [0.29, 0.717) is 0 Å². The van der Waals surface area contributed by atoms with E-state index in [1.165, 1.54) is 5.56 Å². The smallest absolute Gasteiger partial charge is 0.0998 e. The van der Waals surface area contributed by atoms with Crippen LogP contribution in [0.3, 0.4) is 0 Å². The Kier molecular flexibility index (Phi) is 4.14. The Balaban J connectivity index is 2.29. The molecule has 2 N–H and O–H groups in total. The standard InChI is InChI=1S/C13H17BrN4/c1-3-4-11(15)12-8-18(17-16-12)13-6-5-9(2)7-10(13)14/h5-8,11H,3-4,15H2,1-2H3. The molecule has 0 saturated carbocycles. The van der Waals surface area contributed by atoms with Crippen molar-refractivity contribution in [1.29, 1.82) is 0 Å². The molecule has 0 radical (unpaired) electrons. The monoisotopic (exact) mass is 308 g/mol. The quantitative estimate of drug-likeness (QED) is 0.944. The summed E-state index contributed by atoms with van der Waals surface area (Å²) in [6.45, 7) is 4.17.